The molecule has 2 aromatic heterocycles. The summed E-state index contributed by atoms with van der Waals surface area (Å²) < 4.78 is 24.5. The van der Waals surface area contributed by atoms with E-state index in [1.165, 1.54) is 29.2 Å². The van der Waals surface area contributed by atoms with E-state index in [4.69, 9.17) is 9.15 Å². The lowest BCUT2D eigenvalue weighted by atomic mass is 10.0. The molecule has 24 heavy (non-hydrogen) atoms. The molecule has 0 unspecified atom stereocenters. The second kappa shape index (κ2) is 6.17. The van der Waals surface area contributed by atoms with Crippen LogP contribution >= 0.6 is 27.7 Å². The molecule has 0 atom stereocenters. The predicted octanol–water partition coefficient (Wildman–Crippen LogP) is 3.42. The topological polar surface area (TPSA) is 86.9 Å². The molecule has 0 radical (unpaired) electrons. The van der Waals surface area contributed by atoms with E-state index in [2.05, 4.69) is 31.4 Å². The number of hydrogen-bond donors (Lipinski definition) is 0. The molecule has 1 fully saturated rings. The summed E-state index contributed by atoms with van der Waals surface area (Å²) in [6.07, 6.45) is 3.40. The van der Waals surface area contributed by atoms with E-state index >= 15 is 0 Å². The Bertz CT molecular complexity index is 950. The molecule has 1 saturated carbocycles. The van der Waals surface area contributed by atoms with E-state index in [1.807, 2.05) is 0 Å². The predicted molar refractivity (Wildman–Crippen MR) is 86.5 cm³/mol. The van der Waals surface area contributed by atoms with Gasteiger partial charge in [-0.15, -0.1) is 0 Å². The number of benzene rings is 1. The maximum absolute atomic E-state index is 13.5. The van der Waals surface area contributed by atoms with Crippen molar-refractivity contribution >= 4 is 27.7 Å². The quantitative estimate of drug-likeness (QED) is 0.648. The highest BCUT2D eigenvalue weighted by molar-refractivity contribution is 9.10. The first-order chi connectivity index (χ1) is 11.6. The number of rotatable bonds is 4. The number of nitrogens with zero attached hydrogens (tertiary/aromatic N) is 4. The van der Waals surface area contributed by atoms with Crippen molar-refractivity contribution in [2.75, 3.05) is 0 Å². The number of hydrogen-bond acceptors (Lipinski definition) is 7. The largest absolute Gasteiger partial charge is 0.446 e. The summed E-state index contributed by atoms with van der Waals surface area (Å²) in [4.78, 5) is 12.1. The van der Waals surface area contributed by atoms with Gasteiger partial charge in [0, 0.05) is 5.25 Å². The standard InChI is InChI=1S/C14H10BrFN4O3S/c15-9-6-7(4-5-10(9)16)20-12(18-22-14(20)21)11-13(19-23-17-11)24-8-2-1-3-8/h4-6,8H,1-3H2. The minimum Gasteiger partial charge on any atom is -0.295 e. The van der Waals surface area contributed by atoms with E-state index in [1.54, 1.807) is 11.8 Å². The maximum Gasteiger partial charge on any atom is 0.446 e. The Morgan fingerprint density at radius 3 is 2.83 bits per heavy atom. The third-order valence-electron chi connectivity index (χ3n) is 3.77. The molecule has 124 valence electrons. The average molecular weight is 413 g/mol. The van der Waals surface area contributed by atoms with Crippen LogP contribution in [0.15, 0.2) is 41.6 Å². The Kier molecular flexibility index (Phi) is 4.01. The summed E-state index contributed by atoms with van der Waals surface area (Å²) >= 11 is 4.65. The van der Waals surface area contributed by atoms with Gasteiger partial charge in [-0.25, -0.2) is 18.4 Å². The Labute approximate surface area is 147 Å². The van der Waals surface area contributed by atoms with Crippen molar-refractivity contribution < 1.29 is 13.5 Å². The molecule has 4 rings (SSSR count). The smallest absolute Gasteiger partial charge is 0.295 e. The lowest BCUT2D eigenvalue weighted by Crippen LogP contribution is -2.15. The van der Waals surface area contributed by atoms with Gasteiger partial charge in [-0.3, -0.25) is 4.52 Å². The van der Waals surface area contributed by atoms with E-state index < -0.39 is 11.6 Å². The van der Waals surface area contributed by atoms with E-state index in [9.17, 15) is 9.18 Å². The zero-order chi connectivity index (χ0) is 16.7. The fourth-order valence-corrected chi connectivity index (χ4v) is 3.86. The first-order valence-corrected chi connectivity index (χ1v) is 8.84. The first kappa shape index (κ1) is 15.6. The zero-order valence-corrected chi connectivity index (χ0v) is 14.5. The summed E-state index contributed by atoms with van der Waals surface area (Å²) in [7, 11) is 0. The Morgan fingerprint density at radius 1 is 1.29 bits per heavy atom. The molecule has 1 aliphatic rings. The normalized spacial score (nSPS) is 14.8. The monoisotopic (exact) mass is 412 g/mol. The van der Waals surface area contributed by atoms with Crippen LogP contribution in [0.5, 0.6) is 0 Å². The third-order valence-corrected chi connectivity index (χ3v) is 5.67. The van der Waals surface area contributed by atoms with Gasteiger partial charge in [0.2, 0.25) is 5.82 Å². The molecular weight excluding hydrogens is 403 g/mol. The molecule has 0 bridgehead atoms. The van der Waals surface area contributed by atoms with Gasteiger partial charge in [0.05, 0.1) is 10.2 Å². The highest BCUT2D eigenvalue weighted by atomic mass is 79.9. The molecule has 0 spiro atoms. The first-order valence-electron chi connectivity index (χ1n) is 7.17. The van der Waals surface area contributed by atoms with Gasteiger partial charge in [-0.2, -0.15) is 0 Å². The average Bonchev–Trinajstić information content (AvgIpc) is 3.12. The molecule has 0 amide bonds. The number of thioether (sulfide) groups is 1. The van der Waals surface area contributed by atoms with Crippen molar-refractivity contribution in [3.8, 4) is 17.2 Å². The highest BCUT2D eigenvalue weighted by Crippen LogP contribution is 2.39. The Morgan fingerprint density at radius 2 is 2.12 bits per heavy atom. The van der Waals surface area contributed by atoms with Crippen molar-refractivity contribution in [1.29, 1.82) is 0 Å². The molecule has 1 aliphatic carbocycles. The summed E-state index contributed by atoms with van der Waals surface area (Å²) in [6.45, 7) is 0. The molecule has 0 saturated heterocycles. The van der Waals surface area contributed by atoms with E-state index in [0.29, 0.717) is 21.7 Å². The summed E-state index contributed by atoms with van der Waals surface area (Å²) in [6, 6.07) is 4.16. The maximum atomic E-state index is 13.5. The highest BCUT2D eigenvalue weighted by Gasteiger charge is 2.27. The van der Waals surface area contributed by atoms with Gasteiger partial charge in [0.15, 0.2) is 10.7 Å². The van der Waals surface area contributed by atoms with Crippen LogP contribution in [0.3, 0.4) is 0 Å². The van der Waals surface area contributed by atoms with Gasteiger partial charge in [0.25, 0.3) is 0 Å². The van der Waals surface area contributed by atoms with Gasteiger partial charge >= 0.3 is 5.76 Å². The summed E-state index contributed by atoms with van der Waals surface area (Å²) in [5.74, 6) is -0.971. The third kappa shape index (κ3) is 2.69. The van der Waals surface area contributed by atoms with Crippen LogP contribution in [0.1, 0.15) is 19.3 Å². The van der Waals surface area contributed by atoms with Gasteiger partial charge < -0.3 is 0 Å². The number of aromatic nitrogens is 4. The van der Waals surface area contributed by atoms with Crippen LogP contribution in [0.25, 0.3) is 17.2 Å². The number of halogens is 2. The summed E-state index contributed by atoms with van der Waals surface area (Å²) in [5.41, 5.74) is 0.727. The molecule has 7 nitrogen and oxygen atoms in total. The minimum absolute atomic E-state index is 0.168. The van der Waals surface area contributed by atoms with Crippen molar-refractivity contribution in [3.63, 3.8) is 0 Å². The van der Waals surface area contributed by atoms with Gasteiger partial charge in [-0.05, 0) is 57.3 Å². The summed E-state index contributed by atoms with van der Waals surface area (Å²) in [5, 5.41) is 12.6. The molecule has 2 heterocycles. The van der Waals surface area contributed by atoms with Crippen molar-refractivity contribution in [2.45, 2.75) is 29.5 Å². The fourth-order valence-electron chi connectivity index (χ4n) is 2.29. The van der Waals surface area contributed by atoms with Crippen LogP contribution in [0.2, 0.25) is 0 Å². The molecule has 1 aromatic carbocycles. The van der Waals surface area contributed by atoms with Crippen molar-refractivity contribution in [2.24, 2.45) is 0 Å². The second-order valence-corrected chi connectivity index (χ2v) is 7.44. The Hall–Kier alpha value is -1.94. The fraction of sp³-hybridized carbons (Fsp3) is 0.286. The lowest BCUT2D eigenvalue weighted by Gasteiger charge is -2.23. The van der Waals surface area contributed by atoms with Crippen LogP contribution < -0.4 is 5.76 Å². The van der Waals surface area contributed by atoms with Gasteiger partial charge in [-0.1, -0.05) is 23.3 Å². The molecule has 10 heteroatoms. The Balaban J connectivity index is 1.79. The minimum atomic E-state index is -0.703. The van der Waals surface area contributed by atoms with Crippen LogP contribution in [-0.4, -0.2) is 25.3 Å². The van der Waals surface area contributed by atoms with Crippen molar-refractivity contribution in [3.05, 3.63) is 39.0 Å². The van der Waals surface area contributed by atoms with Crippen LogP contribution in [-0.2, 0) is 0 Å². The van der Waals surface area contributed by atoms with Crippen LogP contribution in [0, 0.1) is 5.82 Å². The van der Waals surface area contributed by atoms with Gasteiger partial charge in [0.1, 0.15) is 5.82 Å². The molecule has 3 aromatic rings. The van der Waals surface area contributed by atoms with E-state index in [0.717, 1.165) is 12.8 Å². The zero-order valence-electron chi connectivity index (χ0n) is 12.1. The lowest BCUT2D eigenvalue weighted by molar-refractivity contribution is 0.299. The van der Waals surface area contributed by atoms with Crippen LogP contribution in [0.4, 0.5) is 4.39 Å². The van der Waals surface area contributed by atoms with E-state index in [-0.39, 0.29) is 10.3 Å². The molecule has 0 N–H and O–H groups in total. The molecular formula is C14H10BrFN4O3S. The van der Waals surface area contributed by atoms with Crippen molar-refractivity contribution in [1.82, 2.24) is 20.0 Å². The molecule has 0 aliphatic heterocycles. The SMILES string of the molecule is O=c1onc(-c2nonc2SC2CCC2)n1-c1ccc(F)c(Br)c1. The second-order valence-electron chi connectivity index (χ2n) is 5.29.